The fraction of sp³-hybridized carbons (Fsp3) is 0.438. The Balaban J connectivity index is 0.000000960. The Kier molecular flexibility index (Phi) is 5.79. The zero-order valence-electron chi connectivity index (χ0n) is 12.7. The first kappa shape index (κ1) is 18.3. The maximum Gasteiger partial charge on any atom is 0.261 e. The fourth-order valence-electron chi connectivity index (χ4n) is 3.54. The number of halogens is 2. The lowest BCUT2D eigenvalue weighted by molar-refractivity contribution is 0.0622. The number of rotatable bonds is 2. The van der Waals surface area contributed by atoms with Crippen molar-refractivity contribution < 1.29 is 4.79 Å². The van der Waals surface area contributed by atoms with Crippen LogP contribution in [0.3, 0.4) is 0 Å². The number of amides is 1. The quantitative estimate of drug-likeness (QED) is 0.794. The highest BCUT2D eigenvalue weighted by Gasteiger charge is 2.35. The molecule has 3 aliphatic heterocycles. The lowest BCUT2D eigenvalue weighted by Gasteiger charge is -2.44. The molecule has 7 heteroatoms. The van der Waals surface area contributed by atoms with Crippen LogP contribution in [0.2, 0.25) is 0 Å². The average Bonchev–Trinajstić information content (AvgIpc) is 2.91. The van der Waals surface area contributed by atoms with Gasteiger partial charge in [-0.05, 0) is 61.5 Å². The smallest absolute Gasteiger partial charge is 0.261 e. The summed E-state index contributed by atoms with van der Waals surface area (Å²) >= 11 is 1.54. The zero-order valence-corrected chi connectivity index (χ0v) is 15.1. The summed E-state index contributed by atoms with van der Waals surface area (Å²) < 4.78 is 1.11. The Hall–Kier alpha value is -1.01. The largest absolute Gasteiger partial charge is 0.399 e. The van der Waals surface area contributed by atoms with Crippen molar-refractivity contribution in [2.24, 2.45) is 5.92 Å². The predicted molar refractivity (Wildman–Crippen MR) is 101 cm³/mol. The molecule has 0 radical (unpaired) electrons. The molecule has 1 aromatic carbocycles. The maximum atomic E-state index is 12.5. The maximum absolute atomic E-state index is 12.5. The van der Waals surface area contributed by atoms with Crippen molar-refractivity contribution in [1.82, 2.24) is 10.2 Å². The van der Waals surface area contributed by atoms with Gasteiger partial charge in [0.15, 0.2) is 0 Å². The summed E-state index contributed by atoms with van der Waals surface area (Å²) in [7, 11) is 0. The zero-order chi connectivity index (χ0) is 14.4. The highest BCUT2D eigenvalue weighted by molar-refractivity contribution is 7.20. The molecule has 4 nitrogen and oxygen atoms in total. The van der Waals surface area contributed by atoms with Crippen LogP contribution in [0.15, 0.2) is 24.3 Å². The molecule has 2 aromatic rings. The minimum atomic E-state index is 0. The van der Waals surface area contributed by atoms with Crippen molar-refractivity contribution in [2.75, 3.05) is 25.4 Å². The Labute approximate surface area is 152 Å². The fourth-order valence-corrected chi connectivity index (χ4v) is 4.49. The monoisotopic (exact) mass is 373 g/mol. The van der Waals surface area contributed by atoms with Crippen LogP contribution >= 0.6 is 36.2 Å². The highest BCUT2D eigenvalue weighted by atomic mass is 35.5. The van der Waals surface area contributed by atoms with Crippen molar-refractivity contribution in [2.45, 2.75) is 18.9 Å². The summed E-state index contributed by atoms with van der Waals surface area (Å²) in [4.78, 5) is 15.7. The van der Waals surface area contributed by atoms with Gasteiger partial charge in [-0.15, -0.1) is 36.2 Å². The van der Waals surface area contributed by atoms with E-state index in [2.05, 4.69) is 10.2 Å². The third kappa shape index (κ3) is 3.58. The molecule has 3 aliphatic rings. The van der Waals surface area contributed by atoms with E-state index in [-0.39, 0.29) is 30.7 Å². The number of carbonyl (C=O) groups excluding carboxylic acids is 1. The normalized spacial score (nSPS) is 25.5. The van der Waals surface area contributed by atoms with Gasteiger partial charge in [-0.1, -0.05) is 0 Å². The molecule has 3 saturated heterocycles. The summed E-state index contributed by atoms with van der Waals surface area (Å²) in [6.07, 6.45) is 2.43. The van der Waals surface area contributed by atoms with Crippen LogP contribution in [0.5, 0.6) is 0 Å². The van der Waals surface area contributed by atoms with Gasteiger partial charge < -0.3 is 16.0 Å². The molecule has 0 saturated carbocycles. The Morgan fingerprint density at radius 1 is 1.22 bits per heavy atom. The van der Waals surface area contributed by atoms with Crippen LogP contribution in [0.25, 0.3) is 10.1 Å². The first-order valence-electron chi connectivity index (χ1n) is 7.51. The van der Waals surface area contributed by atoms with Crippen LogP contribution in [-0.4, -0.2) is 36.5 Å². The van der Waals surface area contributed by atoms with E-state index in [1.165, 1.54) is 25.9 Å². The summed E-state index contributed by atoms with van der Waals surface area (Å²) in [5, 5.41) is 4.30. The Bertz CT molecular complexity index is 698. The third-order valence-electron chi connectivity index (χ3n) is 4.74. The minimum absolute atomic E-state index is 0. The Morgan fingerprint density at radius 2 is 1.96 bits per heavy atom. The molecule has 126 valence electrons. The number of carbonyl (C=O) groups is 1. The van der Waals surface area contributed by atoms with Crippen molar-refractivity contribution in [3.63, 3.8) is 0 Å². The number of anilines is 1. The van der Waals surface area contributed by atoms with E-state index in [9.17, 15) is 4.79 Å². The van der Waals surface area contributed by atoms with Gasteiger partial charge in [0, 0.05) is 23.0 Å². The topological polar surface area (TPSA) is 58.4 Å². The standard InChI is InChI=1S/C16H19N3OS.2ClH/c17-12-1-2-14-11(7-12)8-15(21-14)16(20)18-13-9-19-5-3-10(13)4-6-19;;/h1-2,7-8,10,13H,3-6,9,17H2,(H,18,20);2*1H/t13-;;/m0../s1. The van der Waals surface area contributed by atoms with E-state index >= 15 is 0 Å². The molecular weight excluding hydrogens is 353 g/mol. The van der Waals surface area contributed by atoms with Gasteiger partial charge in [0.05, 0.1) is 4.88 Å². The molecule has 1 amide bonds. The van der Waals surface area contributed by atoms with Crippen LogP contribution < -0.4 is 11.1 Å². The van der Waals surface area contributed by atoms with E-state index in [1.54, 1.807) is 11.3 Å². The molecule has 3 N–H and O–H groups in total. The van der Waals surface area contributed by atoms with Crippen molar-refractivity contribution in [3.05, 3.63) is 29.1 Å². The lowest BCUT2D eigenvalue weighted by Crippen LogP contribution is -2.57. The van der Waals surface area contributed by atoms with Crippen molar-refractivity contribution >= 4 is 57.8 Å². The van der Waals surface area contributed by atoms with Gasteiger partial charge in [0.25, 0.3) is 5.91 Å². The van der Waals surface area contributed by atoms with Gasteiger partial charge >= 0.3 is 0 Å². The van der Waals surface area contributed by atoms with Crippen molar-refractivity contribution in [3.8, 4) is 0 Å². The van der Waals surface area contributed by atoms with E-state index < -0.39 is 0 Å². The summed E-state index contributed by atoms with van der Waals surface area (Å²) in [5.41, 5.74) is 6.54. The van der Waals surface area contributed by atoms with Crippen LogP contribution in [0.4, 0.5) is 5.69 Å². The number of benzene rings is 1. The summed E-state index contributed by atoms with van der Waals surface area (Å²) in [5.74, 6) is 0.720. The molecule has 3 fully saturated rings. The molecule has 0 aliphatic carbocycles. The number of fused-ring (bicyclic) bond motifs is 4. The summed E-state index contributed by atoms with van der Waals surface area (Å²) in [6.45, 7) is 3.40. The SMILES string of the molecule is Cl.Cl.Nc1ccc2sc(C(=O)N[C@H]3CN4CCC3CC4)cc2c1. The van der Waals surface area contributed by atoms with E-state index in [0.29, 0.717) is 12.0 Å². The first-order chi connectivity index (χ1) is 10.2. The number of piperidine rings is 3. The van der Waals surface area contributed by atoms with E-state index in [4.69, 9.17) is 5.73 Å². The molecule has 5 rings (SSSR count). The van der Waals surface area contributed by atoms with Crippen LogP contribution in [0.1, 0.15) is 22.5 Å². The average molecular weight is 374 g/mol. The number of nitrogens with one attached hydrogen (secondary N) is 1. The third-order valence-corrected chi connectivity index (χ3v) is 5.85. The van der Waals surface area contributed by atoms with Gasteiger partial charge in [0.1, 0.15) is 0 Å². The second kappa shape index (κ2) is 7.26. The molecule has 23 heavy (non-hydrogen) atoms. The highest BCUT2D eigenvalue weighted by Crippen LogP contribution is 2.30. The van der Waals surface area contributed by atoms with Gasteiger partial charge in [-0.25, -0.2) is 0 Å². The molecule has 4 heterocycles. The minimum Gasteiger partial charge on any atom is -0.399 e. The van der Waals surface area contributed by atoms with E-state index in [1.807, 2.05) is 24.3 Å². The van der Waals surface area contributed by atoms with Crippen LogP contribution in [-0.2, 0) is 0 Å². The van der Waals surface area contributed by atoms with Crippen molar-refractivity contribution in [1.29, 1.82) is 0 Å². The molecular formula is C16H21Cl2N3OS. The molecule has 0 spiro atoms. The second-order valence-electron chi connectivity index (χ2n) is 6.13. The number of thiophene rings is 1. The Morgan fingerprint density at radius 3 is 2.61 bits per heavy atom. The number of nitrogens with two attached hydrogens (primary N) is 1. The molecule has 2 bridgehead atoms. The lowest BCUT2D eigenvalue weighted by atomic mass is 9.84. The predicted octanol–water partition coefficient (Wildman–Crippen LogP) is 3.15. The van der Waals surface area contributed by atoms with Gasteiger partial charge in [-0.3, -0.25) is 4.79 Å². The first-order valence-corrected chi connectivity index (χ1v) is 8.33. The van der Waals surface area contributed by atoms with Crippen LogP contribution in [0, 0.1) is 5.92 Å². The summed E-state index contributed by atoms with van der Waals surface area (Å²) in [6, 6.07) is 8.06. The number of hydrogen-bond donors (Lipinski definition) is 2. The van der Waals surface area contributed by atoms with E-state index in [0.717, 1.165) is 27.2 Å². The second-order valence-corrected chi connectivity index (χ2v) is 7.21. The molecule has 1 aromatic heterocycles. The number of hydrogen-bond acceptors (Lipinski definition) is 4. The van der Waals surface area contributed by atoms with Gasteiger partial charge in [0.2, 0.25) is 0 Å². The number of nitrogens with zero attached hydrogens (tertiary/aromatic N) is 1. The molecule has 1 atom stereocenters. The number of nitrogen functional groups attached to an aromatic ring is 1. The molecule has 0 unspecified atom stereocenters. The van der Waals surface area contributed by atoms with Gasteiger partial charge in [-0.2, -0.15) is 0 Å².